The fraction of sp³-hybridized carbons (Fsp3) is 0.800. The van der Waals surface area contributed by atoms with Crippen LogP contribution >= 0.6 is 11.3 Å². The molecule has 2 rings (SSSR count). The molecule has 1 aliphatic carbocycles. The standard InChI is InChI=1S/C15H27N3S/c1-4-11(5-2)10-18(6-3)15-17-14-12(16)8-7-9-13(14)19-15/h11-12H,4-10,16H2,1-3H3. The van der Waals surface area contributed by atoms with Gasteiger partial charge in [0.25, 0.3) is 0 Å². The third-order valence-electron chi connectivity index (χ3n) is 4.27. The van der Waals surface area contributed by atoms with Gasteiger partial charge in [-0.3, -0.25) is 0 Å². The van der Waals surface area contributed by atoms with Crippen molar-refractivity contribution in [3.8, 4) is 0 Å². The lowest BCUT2D eigenvalue weighted by Crippen LogP contribution is -2.29. The Morgan fingerprint density at radius 3 is 2.68 bits per heavy atom. The number of fused-ring (bicyclic) bond motifs is 1. The van der Waals surface area contributed by atoms with Gasteiger partial charge in [0, 0.05) is 24.0 Å². The maximum absolute atomic E-state index is 6.18. The molecule has 2 N–H and O–H groups in total. The minimum absolute atomic E-state index is 0.167. The summed E-state index contributed by atoms with van der Waals surface area (Å²) < 4.78 is 0. The van der Waals surface area contributed by atoms with Crippen LogP contribution in [0.4, 0.5) is 5.13 Å². The van der Waals surface area contributed by atoms with Crippen molar-refractivity contribution in [2.24, 2.45) is 11.7 Å². The van der Waals surface area contributed by atoms with E-state index in [1.807, 2.05) is 11.3 Å². The molecule has 1 unspecified atom stereocenters. The minimum atomic E-state index is 0.167. The number of rotatable bonds is 6. The van der Waals surface area contributed by atoms with Gasteiger partial charge in [-0.2, -0.15) is 0 Å². The molecule has 0 fully saturated rings. The number of aromatic nitrogens is 1. The molecule has 4 heteroatoms. The van der Waals surface area contributed by atoms with E-state index < -0.39 is 0 Å². The molecule has 0 amide bonds. The molecule has 0 spiro atoms. The van der Waals surface area contributed by atoms with Crippen molar-refractivity contribution in [3.05, 3.63) is 10.6 Å². The fourth-order valence-corrected chi connectivity index (χ4v) is 4.02. The van der Waals surface area contributed by atoms with Crippen molar-refractivity contribution >= 4 is 16.5 Å². The third kappa shape index (κ3) is 3.29. The molecular weight excluding hydrogens is 254 g/mol. The molecule has 1 aromatic heterocycles. The monoisotopic (exact) mass is 281 g/mol. The number of hydrogen-bond acceptors (Lipinski definition) is 4. The maximum atomic E-state index is 6.18. The van der Waals surface area contributed by atoms with Crippen molar-refractivity contribution < 1.29 is 0 Å². The van der Waals surface area contributed by atoms with E-state index in [9.17, 15) is 0 Å². The number of thiazole rings is 1. The number of anilines is 1. The zero-order chi connectivity index (χ0) is 13.8. The molecule has 0 bridgehead atoms. The van der Waals surface area contributed by atoms with E-state index in [2.05, 4.69) is 25.7 Å². The molecule has 1 atom stereocenters. The van der Waals surface area contributed by atoms with Crippen LogP contribution in [0.2, 0.25) is 0 Å². The summed E-state index contributed by atoms with van der Waals surface area (Å²) in [5.74, 6) is 0.773. The van der Waals surface area contributed by atoms with Crippen molar-refractivity contribution in [2.75, 3.05) is 18.0 Å². The largest absolute Gasteiger partial charge is 0.348 e. The Hall–Kier alpha value is -0.610. The van der Waals surface area contributed by atoms with Crippen LogP contribution in [-0.4, -0.2) is 18.1 Å². The van der Waals surface area contributed by atoms with E-state index >= 15 is 0 Å². The van der Waals surface area contributed by atoms with Crippen LogP contribution in [0, 0.1) is 5.92 Å². The molecule has 1 heterocycles. The summed E-state index contributed by atoms with van der Waals surface area (Å²) in [5, 5.41) is 1.19. The smallest absolute Gasteiger partial charge is 0.185 e. The van der Waals surface area contributed by atoms with Gasteiger partial charge in [-0.05, 0) is 32.1 Å². The van der Waals surface area contributed by atoms with E-state index in [1.165, 1.54) is 41.4 Å². The van der Waals surface area contributed by atoms with Gasteiger partial charge in [0.1, 0.15) is 0 Å². The normalized spacial score (nSPS) is 18.7. The Morgan fingerprint density at radius 1 is 1.37 bits per heavy atom. The lowest BCUT2D eigenvalue weighted by Gasteiger charge is -2.24. The van der Waals surface area contributed by atoms with E-state index in [0.717, 1.165) is 25.4 Å². The topological polar surface area (TPSA) is 42.2 Å². The Bertz CT molecular complexity index is 398. The summed E-state index contributed by atoms with van der Waals surface area (Å²) >= 11 is 1.87. The molecule has 1 aliphatic rings. The van der Waals surface area contributed by atoms with Crippen molar-refractivity contribution in [2.45, 2.75) is 58.9 Å². The van der Waals surface area contributed by atoms with Gasteiger partial charge >= 0.3 is 0 Å². The van der Waals surface area contributed by atoms with Crippen LogP contribution in [0.5, 0.6) is 0 Å². The van der Waals surface area contributed by atoms with E-state index in [0.29, 0.717) is 0 Å². The zero-order valence-corrected chi connectivity index (χ0v) is 13.3. The molecule has 1 aromatic rings. The summed E-state index contributed by atoms with van der Waals surface area (Å²) in [6.07, 6.45) is 5.97. The second-order valence-electron chi connectivity index (χ2n) is 5.52. The third-order valence-corrected chi connectivity index (χ3v) is 5.46. The molecule has 0 radical (unpaired) electrons. The van der Waals surface area contributed by atoms with Crippen molar-refractivity contribution in [1.82, 2.24) is 4.98 Å². The predicted octanol–water partition coefficient (Wildman–Crippen LogP) is 3.74. The number of aryl methyl sites for hydroxylation is 1. The fourth-order valence-electron chi connectivity index (χ4n) is 2.77. The van der Waals surface area contributed by atoms with Gasteiger partial charge in [-0.1, -0.05) is 26.7 Å². The average Bonchev–Trinajstić information content (AvgIpc) is 2.85. The highest BCUT2D eigenvalue weighted by Crippen LogP contribution is 2.35. The highest BCUT2D eigenvalue weighted by atomic mass is 32.1. The summed E-state index contributed by atoms with van der Waals surface area (Å²) in [4.78, 5) is 8.71. The zero-order valence-electron chi connectivity index (χ0n) is 12.5. The molecular formula is C15H27N3S. The second kappa shape index (κ2) is 6.71. The summed E-state index contributed by atoms with van der Waals surface area (Å²) in [7, 11) is 0. The second-order valence-corrected chi connectivity index (χ2v) is 6.59. The number of nitrogens with zero attached hydrogens (tertiary/aromatic N) is 2. The quantitative estimate of drug-likeness (QED) is 0.863. The van der Waals surface area contributed by atoms with Gasteiger partial charge in [-0.25, -0.2) is 4.98 Å². The minimum Gasteiger partial charge on any atom is -0.348 e. The predicted molar refractivity (Wildman–Crippen MR) is 83.9 cm³/mol. The first-order valence-corrected chi connectivity index (χ1v) is 8.51. The van der Waals surface area contributed by atoms with Crippen LogP contribution in [0.25, 0.3) is 0 Å². The maximum Gasteiger partial charge on any atom is 0.185 e. The first kappa shape index (κ1) is 14.8. The molecule has 108 valence electrons. The highest BCUT2D eigenvalue weighted by Gasteiger charge is 2.24. The van der Waals surface area contributed by atoms with Crippen LogP contribution in [-0.2, 0) is 6.42 Å². The average molecular weight is 281 g/mol. The molecule has 0 saturated heterocycles. The number of nitrogens with two attached hydrogens (primary N) is 1. The number of hydrogen-bond donors (Lipinski definition) is 1. The van der Waals surface area contributed by atoms with Gasteiger partial charge in [0.05, 0.1) is 5.69 Å². The first-order valence-electron chi connectivity index (χ1n) is 7.69. The van der Waals surface area contributed by atoms with Gasteiger partial charge in [-0.15, -0.1) is 11.3 Å². The van der Waals surface area contributed by atoms with Crippen LogP contribution in [0.3, 0.4) is 0 Å². The van der Waals surface area contributed by atoms with Gasteiger partial charge in [0.15, 0.2) is 5.13 Å². The van der Waals surface area contributed by atoms with Gasteiger partial charge < -0.3 is 10.6 Å². The summed E-state index contributed by atoms with van der Waals surface area (Å²) in [6.45, 7) is 8.96. The lowest BCUT2D eigenvalue weighted by atomic mass is 9.99. The van der Waals surface area contributed by atoms with Crippen LogP contribution in [0.15, 0.2) is 0 Å². The Labute approximate surface area is 121 Å². The molecule has 0 aliphatic heterocycles. The highest BCUT2D eigenvalue weighted by molar-refractivity contribution is 7.15. The van der Waals surface area contributed by atoms with Gasteiger partial charge in [0.2, 0.25) is 0 Å². The summed E-state index contributed by atoms with van der Waals surface area (Å²) in [6, 6.07) is 0.167. The van der Waals surface area contributed by atoms with E-state index in [-0.39, 0.29) is 6.04 Å². The molecule has 0 aromatic carbocycles. The van der Waals surface area contributed by atoms with E-state index in [4.69, 9.17) is 10.7 Å². The Morgan fingerprint density at radius 2 is 2.11 bits per heavy atom. The summed E-state index contributed by atoms with van der Waals surface area (Å²) in [5.41, 5.74) is 7.36. The van der Waals surface area contributed by atoms with E-state index in [1.54, 1.807) is 0 Å². The first-order chi connectivity index (χ1) is 9.19. The SMILES string of the molecule is CCC(CC)CN(CC)c1nc2c(s1)CCCC2N. The van der Waals surface area contributed by atoms with Crippen molar-refractivity contribution in [1.29, 1.82) is 0 Å². The molecule has 19 heavy (non-hydrogen) atoms. The van der Waals surface area contributed by atoms with Crippen LogP contribution in [0.1, 0.15) is 63.1 Å². The van der Waals surface area contributed by atoms with Crippen molar-refractivity contribution in [3.63, 3.8) is 0 Å². The molecule has 3 nitrogen and oxygen atoms in total. The Balaban J connectivity index is 2.15. The lowest BCUT2D eigenvalue weighted by molar-refractivity contribution is 0.485. The molecule has 0 saturated carbocycles. The van der Waals surface area contributed by atoms with Crippen LogP contribution < -0.4 is 10.6 Å². The Kier molecular flexibility index (Phi) is 5.22.